The van der Waals surface area contributed by atoms with Gasteiger partial charge in [-0.05, 0) is 25.1 Å². The number of fused-ring (bicyclic) bond motifs is 2. The van der Waals surface area contributed by atoms with Gasteiger partial charge < -0.3 is 4.74 Å². The minimum atomic E-state index is -0.432. The zero-order valence-corrected chi connectivity index (χ0v) is 12.9. The number of carbonyl (C=O) groups excluding carboxylic acids is 2. The van der Waals surface area contributed by atoms with Gasteiger partial charge in [0.1, 0.15) is 12.4 Å². The summed E-state index contributed by atoms with van der Waals surface area (Å²) in [4.78, 5) is 24.7. The Kier molecular flexibility index (Phi) is 3.91. The van der Waals surface area contributed by atoms with Crippen LogP contribution in [0.15, 0.2) is 52.1 Å². The SMILES string of the molecule is CC(=O)COC1=CC=C(Cl)C2C(=O)c3ccccc3SC12. The molecular weight excluding hydrogens is 308 g/mol. The topological polar surface area (TPSA) is 43.4 Å². The Hall–Kier alpha value is -1.52. The van der Waals surface area contributed by atoms with Gasteiger partial charge in [0.2, 0.25) is 0 Å². The van der Waals surface area contributed by atoms with Crippen molar-refractivity contribution >= 4 is 34.9 Å². The second kappa shape index (κ2) is 5.70. The Bertz CT molecular complexity index is 678. The number of ketones is 2. The highest BCUT2D eigenvalue weighted by molar-refractivity contribution is 8.00. The van der Waals surface area contributed by atoms with Crippen molar-refractivity contribution in [3.8, 4) is 0 Å². The van der Waals surface area contributed by atoms with Crippen LogP contribution in [0, 0.1) is 5.92 Å². The lowest BCUT2D eigenvalue weighted by atomic mass is 9.89. The third-order valence-corrected chi connectivity index (χ3v) is 5.15. The summed E-state index contributed by atoms with van der Waals surface area (Å²) in [6.45, 7) is 1.48. The fourth-order valence-corrected chi connectivity index (χ4v) is 4.21. The maximum Gasteiger partial charge on any atom is 0.173 e. The largest absolute Gasteiger partial charge is 0.489 e. The molecular formula is C16H13ClO3S. The third-order valence-electron chi connectivity index (χ3n) is 3.42. The number of Topliss-reactive ketones (excluding diaryl/α,β-unsaturated/α-hetero) is 2. The molecule has 1 aromatic carbocycles. The molecule has 0 radical (unpaired) electrons. The van der Waals surface area contributed by atoms with Gasteiger partial charge in [-0.25, -0.2) is 0 Å². The number of hydrogen-bond acceptors (Lipinski definition) is 4. The van der Waals surface area contributed by atoms with Crippen LogP contribution in [0.4, 0.5) is 0 Å². The molecule has 0 fully saturated rings. The fourth-order valence-electron chi connectivity index (χ4n) is 2.45. The number of carbonyl (C=O) groups is 2. The van der Waals surface area contributed by atoms with E-state index in [9.17, 15) is 9.59 Å². The standard InChI is InChI=1S/C16H13ClO3S/c1-9(18)8-20-12-7-6-11(17)14-15(19)10-4-2-3-5-13(10)21-16(12)14/h2-7,14,16H,8H2,1H3. The zero-order chi connectivity index (χ0) is 15.0. The smallest absolute Gasteiger partial charge is 0.173 e. The summed E-state index contributed by atoms with van der Waals surface area (Å²) in [6, 6.07) is 7.49. The lowest BCUT2D eigenvalue weighted by Crippen LogP contribution is -2.34. The molecule has 3 nitrogen and oxygen atoms in total. The summed E-state index contributed by atoms with van der Waals surface area (Å²) >= 11 is 7.80. The van der Waals surface area contributed by atoms with Crippen molar-refractivity contribution in [2.24, 2.45) is 5.92 Å². The van der Waals surface area contributed by atoms with Crippen molar-refractivity contribution in [3.05, 3.63) is 52.8 Å². The molecule has 0 spiro atoms. The van der Waals surface area contributed by atoms with Gasteiger partial charge in [-0.2, -0.15) is 0 Å². The molecule has 2 aliphatic rings. The monoisotopic (exact) mass is 320 g/mol. The lowest BCUT2D eigenvalue weighted by Gasteiger charge is -2.34. The van der Waals surface area contributed by atoms with Crippen molar-refractivity contribution in [2.45, 2.75) is 17.1 Å². The number of rotatable bonds is 3. The van der Waals surface area contributed by atoms with Crippen LogP contribution >= 0.6 is 23.4 Å². The molecule has 108 valence electrons. The second-order valence-corrected chi connectivity index (χ2v) is 6.61. The zero-order valence-electron chi connectivity index (χ0n) is 11.3. The Morgan fingerprint density at radius 1 is 1.33 bits per heavy atom. The first-order chi connectivity index (χ1) is 10.1. The van der Waals surface area contributed by atoms with E-state index in [1.54, 1.807) is 23.9 Å². The van der Waals surface area contributed by atoms with Crippen molar-refractivity contribution < 1.29 is 14.3 Å². The van der Waals surface area contributed by atoms with Gasteiger partial charge in [-0.15, -0.1) is 11.8 Å². The van der Waals surface area contributed by atoms with E-state index in [4.69, 9.17) is 16.3 Å². The van der Waals surface area contributed by atoms with E-state index in [-0.39, 0.29) is 23.4 Å². The third kappa shape index (κ3) is 2.65. The van der Waals surface area contributed by atoms with Gasteiger partial charge in [0.15, 0.2) is 11.6 Å². The summed E-state index contributed by atoms with van der Waals surface area (Å²) in [5.41, 5.74) is 0.697. The minimum absolute atomic E-state index is 0.00706. The van der Waals surface area contributed by atoms with Crippen LogP contribution in [-0.2, 0) is 9.53 Å². The van der Waals surface area contributed by atoms with Gasteiger partial charge >= 0.3 is 0 Å². The fraction of sp³-hybridized carbons (Fsp3) is 0.250. The van der Waals surface area contributed by atoms with Crippen molar-refractivity contribution in [1.82, 2.24) is 0 Å². The molecule has 21 heavy (non-hydrogen) atoms. The number of ether oxygens (including phenoxy) is 1. The Labute approximate surface area is 132 Å². The van der Waals surface area contributed by atoms with Gasteiger partial charge in [-0.1, -0.05) is 29.8 Å². The Balaban J connectivity index is 1.96. The lowest BCUT2D eigenvalue weighted by molar-refractivity contribution is -0.120. The van der Waals surface area contributed by atoms with E-state index in [1.807, 2.05) is 24.3 Å². The molecule has 1 aliphatic carbocycles. The normalized spacial score (nSPS) is 23.6. The summed E-state index contributed by atoms with van der Waals surface area (Å²) in [5.74, 6) is 0.152. The van der Waals surface area contributed by atoms with Crippen LogP contribution in [0.25, 0.3) is 0 Å². The van der Waals surface area contributed by atoms with Crippen LogP contribution < -0.4 is 0 Å². The number of thioether (sulfide) groups is 1. The number of halogens is 1. The summed E-state index contributed by atoms with van der Waals surface area (Å²) in [5, 5.41) is 0.312. The summed E-state index contributed by atoms with van der Waals surface area (Å²) in [6.07, 6.45) is 3.44. The predicted molar refractivity (Wildman–Crippen MR) is 82.6 cm³/mol. The Morgan fingerprint density at radius 2 is 2.10 bits per heavy atom. The van der Waals surface area contributed by atoms with E-state index in [1.165, 1.54) is 6.92 Å². The van der Waals surface area contributed by atoms with Crippen molar-refractivity contribution in [1.29, 1.82) is 0 Å². The van der Waals surface area contributed by atoms with Gasteiger partial charge in [0, 0.05) is 15.5 Å². The number of benzene rings is 1. The maximum atomic E-state index is 12.7. The molecule has 2 unspecified atom stereocenters. The molecule has 0 saturated heterocycles. The molecule has 5 heteroatoms. The van der Waals surface area contributed by atoms with Crippen LogP contribution in [0.5, 0.6) is 0 Å². The first-order valence-electron chi connectivity index (χ1n) is 6.57. The predicted octanol–water partition coefficient (Wildman–Crippen LogP) is 3.59. The second-order valence-electron chi connectivity index (χ2n) is 4.99. The van der Waals surface area contributed by atoms with E-state index < -0.39 is 5.92 Å². The molecule has 0 N–H and O–H groups in total. The first kappa shape index (κ1) is 14.4. The highest BCUT2D eigenvalue weighted by Gasteiger charge is 2.42. The maximum absolute atomic E-state index is 12.7. The van der Waals surface area contributed by atoms with E-state index in [0.29, 0.717) is 16.4 Å². The van der Waals surface area contributed by atoms with Crippen LogP contribution in [0.1, 0.15) is 17.3 Å². The van der Waals surface area contributed by atoms with E-state index >= 15 is 0 Å². The average molecular weight is 321 g/mol. The molecule has 0 amide bonds. The summed E-state index contributed by atoms with van der Waals surface area (Å²) in [7, 11) is 0. The highest BCUT2D eigenvalue weighted by atomic mass is 35.5. The Morgan fingerprint density at radius 3 is 2.86 bits per heavy atom. The molecule has 1 heterocycles. The first-order valence-corrected chi connectivity index (χ1v) is 7.83. The number of allylic oxidation sites excluding steroid dienone is 3. The van der Waals surface area contributed by atoms with Crippen LogP contribution in [-0.4, -0.2) is 23.4 Å². The van der Waals surface area contributed by atoms with Crippen molar-refractivity contribution in [3.63, 3.8) is 0 Å². The van der Waals surface area contributed by atoms with Crippen LogP contribution in [0.3, 0.4) is 0 Å². The summed E-state index contributed by atoms with van der Waals surface area (Å²) < 4.78 is 5.56. The van der Waals surface area contributed by atoms with Gasteiger partial charge in [0.25, 0.3) is 0 Å². The number of hydrogen-bond donors (Lipinski definition) is 0. The highest BCUT2D eigenvalue weighted by Crippen LogP contribution is 2.47. The minimum Gasteiger partial charge on any atom is -0.489 e. The molecule has 1 aliphatic heterocycles. The quantitative estimate of drug-likeness (QED) is 0.853. The molecule has 2 atom stereocenters. The van der Waals surface area contributed by atoms with Gasteiger partial charge in [0.05, 0.1) is 11.2 Å². The van der Waals surface area contributed by atoms with Gasteiger partial charge in [-0.3, -0.25) is 9.59 Å². The average Bonchev–Trinajstić information content (AvgIpc) is 2.46. The van der Waals surface area contributed by atoms with E-state index in [2.05, 4.69) is 0 Å². The molecule has 0 bridgehead atoms. The molecule has 1 aromatic rings. The molecule has 3 rings (SSSR count). The van der Waals surface area contributed by atoms with Crippen LogP contribution in [0.2, 0.25) is 0 Å². The molecule has 0 saturated carbocycles. The van der Waals surface area contributed by atoms with E-state index in [0.717, 1.165) is 4.90 Å². The molecule has 0 aromatic heterocycles. The van der Waals surface area contributed by atoms with Crippen molar-refractivity contribution in [2.75, 3.05) is 6.61 Å².